The van der Waals surface area contributed by atoms with E-state index in [4.69, 9.17) is 28.5 Å². The minimum absolute atomic E-state index is 0.0000617. The molecule has 1 nitrogen and oxygen atoms in total. The van der Waals surface area contributed by atoms with Crippen LogP contribution in [-0.4, -0.2) is 10.8 Å². The van der Waals surface area contributed by atoms with Gasteiger partial charge < -0.3 is 0 Å². The second kappa shape index (κ2) is 3.46. The van der Waals surface area contributed by atoms with Crippen molar-refractivity contribution in [1.82, 2.24) is 0 Å². The van der Waals surface area contributed by atoms with Crippen molar-refractivity contribution in [2.75, 3.05) is 0 Å². The minimum Gasteiger partial charge on any atom is -0.198 e. The van der Waals surface area contributed by atoms with Crippen molar-refractivity contribution in [3.8, 4) is 6.07 Å². The Morgan fingerprint density at radius 3 is 2.40 bits per heavy atom. The van der Waals surface area contributed by atoms with Gasteiger partial charge >= 0.3 is 0 Å². The molecule has 0 amide bonds. The van der Waals surface area contributed by atoms with E-state index in [0.29, 0.717) is 0 Å². The molecule has 3 heteroatoms. The molecule has 0 aromatic heterocycles. The average Bonchev–Trinajstić information content (AvgIpc) is 1.95. The third-order valence-corrected chi connectivity index (χ3v) is 3.01. The van der Waals surface area contributed by atoms with Gasteiger partial charge in [0.05, 0.1) is 16.8 Å². The summed E-state index contributed by atoms with van der Waals surface area (Å²) in [7, 11) is 0. The first-order chi connectivity index (χ1) is 4.74. The summed E-state index contributed by atoms with van der Waals surface area (Å²) in [5.41, 5.74) is 0. The molecule has 0 saturated heterocycles. The minimum atomic E-state index is 0.0000617. The van der Waals surface area contributed by atoms with Crippen LogP contribution in [0, 0.1) is 17.2 Å². The van der Waals surface area contributed by atoms with Gasteiger partial charge in [-0.25, -0.2) is 0 Å². The van der Waals surface area contributed by atoms with Crippen molar-refractivity contribution in [2.24, 2.45) is 5.92 Å². The highest BCUT2D eigenvalue weighted by Gasteiger charge is 2.27. The molecule has 0 aliphatic heterocycles. The zero-order valence-electron chi connectivity index (χ0n) is 5.56. The molecule has 0 bridgehead atoms. The molecule has 1 rings (SSSR count). The summed E-state index contributed by atoms with van der Waals surface area (Å²) in [4.78, 5) is 0. The van der Waals surface area contributed by atoms with Gasteiger partial charge in [-0.05, 0) is 19.3 Å². The Labute approximate surface area is 70.9 Å². The van der Waals surface area contributed by atoms with Crippen LogP contribution >= 0.6 is 23.2 Å². The lowest BCUT2D eigenvalue weighted by Crippen LogP contribution is -2.24. The monoisotopic (exact) mass is 177 g/mol. The number of nitrogens with zero attached hydrogens (tertiary/aromatic N) is 1. The summed E-state index contributed by atoms with van der Waals surface area (Å²) >= 11 is 11.7. The normalized spacial score (nSPS) is 40.7. The molecule has 10 heavy (non-hydrogen) atoms. The summed E-state index contributed by atoms with van der Waals surface area (Å²) in [6.07, 6.45) is 2.55. The van der Waals surface area contributed by atoms with Crippen LogP contribution in [0.1, 0.15) is 19.3 Å². The first kappa shape index (κ1) is 8.17. The first-order valence-electron chi connectivity index (χ1n) is 3.42. The molecule has 1 fully saturated rings. The van der Waals surface area contributed by atoms with Crippen molar-refractivity contribution >= 4 is 23.2 Å². The quantitative estimate of drug-likeness (QED) is 0.523. The second-order valence-electron chi connectivity index (χ2n) is 2.67. The maximum Gasteiger partial charge on any atom is 0.0656 e. The number of hydrogen-bond donors (Lipinski definition) is 0. The van der Waals surface area contributed by atoms with Crippen LogP contribution < -0.4 is 0 Å². The van der Waals surface area contributed by atoms with Crippen LogP contribution in [0.4, 0.5) is 0 Å². The number of nitriles is 1. The predicted octanol–water partition coefficient (Wildman–Crippen LogP) is 2.52. The van der Waals surface area contributed by atoms with E-state index in [1.165, 1.54) is 0 Å². The average molecular weight is 178 g/mol. The van der Waals surface area contributed by atoms with Gasteiger partial charge in [-0.15, -0.1) is 23.2 Å². The summed E-state index contributed by atoms with van der Waals surface area (Å²) in [5.74, 6) is 0.137. The van der Waals surface area contributed by atoms with Crippen LogP contribution in [-0.2, 0) is 0 Å². The lowest BCUT2D eigenvalue weighted by molar-refractivity contribution is 0.438. The molecule has 1 saturated carbocycles. The Morgan fingerprint density at radius 1 is 1.20 bits per heavy atom. The van der Waals surface area contributed by atoms with Crippen LogP contribution in [0.25, 0.3) is 0 Å². The third-order valence-electron chi connectivity index (χ3n) is 1.88. The molecule has 0 aromatic rings. The van der Waals surface area contributed by atoms with Gasteiger partial charge in [0.25, 0.3) is 0 Å². The van der Waals surface area contributed by atoms with E-state index in [9.17, 15) is 0 Å². The first-order valence-corrected chi connectivity index (χ1v) is 4.29. The molecule has 3 atom stereocenters. The predicted molar refractivity (Wildman–Crippen MR) is 42.2 cm³/mol. The van der Waals surface area contributed by atoms with Gasteiger partial charge in [-0.2, -0.15) is 5.26 Å². The highest BCUT2D eigenvalue weighted by Crippen LogP contribution is 2.30. The molecule has 0 N–H and O–H groups in total. The summed E-state index contributed by atoms with van der Waals surface area (Å²) < 4.78 is 0. The van der Waals surface area contributed by atoms with E-state index in [0.717, 1.165) is 19.3 Å². The SMILES string of the molecule is N#CC1CCC(Cl)C(Cl)C1. The Kier molecular flexibility index (Phi) is 2.82. The molecule has 1 aliphatic rings. The van der Waals surface area contributed by atoms with E-state index in [1.807, 2.05) is 0 Å². The molecular weight excluding hydrogens is 169 g/mol. The van der Waals surface area contributed by atoms with Crippen molar-refractivity contribution in [3.63, 3.8) is 0 Å². The summed E-state index contributed by atoms with van der Waals surface area (Å²) in [6.45, 7) is 0. The Balaban J connectivity index is 2.42. The molecule has 0 radical (unpaired) electrons. The number of rotatable bonds is 0. The number of halogens is 2. The summed E-state index contributed by atoms with van der Waals surface area (Å²) in [5, 5.41) is 8.62. The van der Waals surface area contributed by atoms with Crippen molar-refractivity contribution in [3.05, 3.63) is 0 Å². The topological polar surface area (TPSA) is 23.8 Å². The smallest absolute Gasteiger partial charge is 0.0656 e. The highest BCUT2D eigenvalue weighted by atomic mass is 35.5. The lowest BCUT2D eigenvalue weighted by atomic mass is 9.90. The van der Waals surface area contributed by atoms with E-state index in [2.05, 4.69) is 6.07 Å². The molecular formula is C7H9Cl2N. The van der Waals surface area contributed by atoms with E-state index < -0.39 is 0 Å². The zero-order chi connectivity index (χ0) is 7.56. The van der Waals surface area contributed by atoms with E-state index >= 15 is 0 Å². The Morgan fingerprint density at radius 2 is 1.90 bits per heavy atom. The van der Waals surface area contributed by atoms with Crippen LogP contribution in [0.5, 0.6) is 0 Å². The fraction of sp³-hybridized carbons (Fsp3) is 0.857. The molecule has 3 unspecified atom stereocenters. The van der Waals surface area contributed by atoms with Gasteiger partial charge in [-0.3, -0.25) is 0 Å². The maximum atomic E-state index is 8.54. The molecule has 1 aliphatic carbocycles. The van der Waals surface area contributed by atoms with Crippen LogP contribution in [0.2, 0.25) is 0 Å². The van der Waals surface area contributed by atoms with E-state index in [1.54, 1.807) is 0 Å². The van der Waals surface area contributed by atoms with Crippen molar-refractivity contribution in [2.45, 2.75) is 30.0 Å². The van der Waals surface area contributed by atoms with Crippen LogP contribution in [0.3, 0.4) is 0 Å². The van der Waals surface area contributed by atoms with Gasteiger partial charge in [0.15, 0.2) is 0 Å². The fourth-order valence-corrected chi connectivity index (χ4v) is 1.77. The maximum absolute atomic E-state index is 8.54. The van der Waals surface area contributed by atoms with Gasteiger partial charge in [0.2, 0.25) is 0 Å². The fourth-order valence-electron chi connectivity index (χ4n) is 1.20. The van der Waals surface area contributed by atoms with Gasteiger partial charge in [0.1, 0.15) is 0 Å². The molecule has 56 valence electrons. The van der Waals surface area contributed by atoms with Gasteiger partial charge in [0, 0.05) is 5.92 Å². The Hall–Kier alpha value is 0.0700. The zero-order valence-corrected chi connectivity index (χ0v) is 7.07. The Bertz CT molecular complexity index is 152. The second-order valence-corrected chi connectivity index (χ2v) is 3.79. The van der Waals surface area contributed by atoms with Crippen molar-refractivity contribution in [1.29, 1.82) is 5.26 Å². The molecule has 0 spiro atoms. The van der Waals surface area contributed by atoms with Crippen LogP contribution in [0.15, 0.2) is 0 Å². The number of hydrogen-bond acceptors (Lipinski definition) is 1. The third kappa shape index (κ3) is 1.78. The highest BCUT2D eigenvalue weighted by molar-refractivity contribution is 6.30. The largest absolute Gasteiger partial charge is 0.198 e. The van der Waals surface area contributed by atoms with E-state index in [-0.39, 0.29) is 16.7 Å². The molecule has 0 aromatic carbocycles. The van der Waals surface area contributed by atoms with Crippen molar-refractivity contribution < 1.29 is 0 Å². The number of alkyl halides is 2. The summed E-state index contributed by atoms with van der Waals surface area (Å²) in [6, 6.07) is 2.21. The molecule has 0 heterocycles. The lowest BCUT2D eigenvalue weighted by Gasteiger charge is -2.24. The standard InChI is InChI=1S/C7H9Cl2N/c8-6-2-1-5(4-10)3-7(6)9/h5-7H,1-3H2. The van der Waals surface area contributed by atoms with Gasteiger partial charge in [-0.1, -0.05) is 0 Å².